The first-order chi connectivity index (χ1) is 17.4. The molecule has 0 saturated carbocycles. The van der Waals surface area contributed by atoms with Crippen LogP contribution in [0.25, 0.3) is 16.5 Å². The number of phenolic OH excluding ortho intramolecular Hbond substituents is 2. The summed E-state index contributed by atoms with van der Waals surface area (Å²) in [5.41, 5.74) is 0.724. The maximum absolute atomic E-state index is 14.1. The lowest BCUT2D eigenvalue weighted by Crippen LogP contribution is -2.51. The minimum absolute atomic E-state index is 0.0465. The fraction of sp³-hybridized carbons (Fsp3) is 0.111. The molecule has 0 aliphatic carbocycles. The second-order valence-electron chi connectivity index (χ2n) is 8.46. The van der Waals surface area contributed by atoms with Gasteiger partial charge in [-0.1, -0.05) is 18.2 Å². The lowest BCUT2D eigenvalue weighted by molar-refractivity contribution is -0.116. The van der Waals surface area contributed by atoms with E-state index in [1.54, 1.807) is 12.3 Å². The highest BCUT2D eigenvalue weighted by Gasteiger charge is 2.55. The monoisotopic (exact) mass is 484 g/mol. The molecule has 1 aromatic heterocycles. The summed E-state index contributed by atoms with van der Waals surface area (Å²) >= 11 is 0. The fourth-order valence-electron chi connectivity index (χ4n) is 4.89. The van der Waals surface area contributed by atoms with Gasteiger partial charge in [-0.3, -0.25) is 9.69 Å². The lowest BCUT2D eigenvalue weighted by Gasteiger charge is -2.41. The van der Waals surface area contributed by atoms with E-state index >= 15 is 0 Å². The quantitative estimate of drug-likeness (QED) is 0.374. The summed E-state index contributed by atoms with van der Waals surface area (Å²) in [4.78, 5) is 31.8. The summed E-state index contributed by atoms with van der Waals surface area (Å²) in [6.45, 7) is 0. The normalized spacial score (nSPS) is 18.5. The Hall–Kier alpha value is -4.92. The Kier molecular flexibility index (Phi) is 4.52. The van der Waals surface area contributed by atoms with Gasteiger partial charge in [0.2, 0.25) is 11.5 Å². The third-order valence-electron chi connectivity index (χ3n) is 6.57. The number of benzene rings is 3. The number of esters is 1. The Bertz CT molecular complexity index is 1590. The van der Waals surface area contributed by atoms with E-state index in [1.807, 2.05) is 24.3 Å². The van der Waals surface area contributed by atoms with Crippen LogP contribution in [0.2, 0.25) is 0 Å². The molecule has 3 aromatic carbocycles. The van der Waals surface area contributed by atoms with Gasteiger partial charge in [-0.2, -0.15) is 0 Å². The number of nitrogens with zero attached hydrogens (tertiary/aromatic N) is 1. The average molecular weight is 484 g/mol. The van der Waals surface area contributed by atoms with Crippen molar-refractivity contribution in [3.63, 3.8) is 0 Å². The number of nitrogens with one attached hydrogen (secondary N) is 1. The first-order valence-electron chi connectivity index (χ1n) is 11.0. The second-order valence-corrected chi connectivity index (χ2v) is 8.46. The molecule has 0 unspecified atom stereocenters. The molecule has 9 heteroatoms. The van der Waals surface area contributed by atoms with E-state index in [9.17, 15) is 19.8 Å². The van der Waals surface area contributed by atoms with Gasteiger partial charge in [0.1, 0.15) is 5.75 Å². The first kappa shape index (κ1) is 21.6. The van der Waals surface area contributed by atoms with Gasteiger partial charge in [-0.05, 0) is 42.5 Å². The number of para-hydroxylation sites is 1. The summed E-state index contributed by atoms with van der Waals surface area (Å²) in [7, 11) is 2.76. The molecule has 36 heavy (non-hydrogen) atoms. The van der Waals surface area contributed by atoms with E-state index in [0.29, 0.717) is 16.7 Å². The van der Waals surface area contributed by atoms with Gasteiger partial charge in [-0.25, -0.2) is 4.79 Å². The van der Waals surface area contributed by atoms with Gasteiger partial charge >= 0.3 is 5.97 Å². The number of carbonyl (C=O) groups excluding carboxylic acids is 2. The van der Waals surface area contributed by atoms with Gasteiger partial charge in [0.05, 0.1) is 31.0 Å². The molecule has 3 N–H and O–H groups in total. The zero-order chi connectivity index (χ0) is 25.2. The van der Waals surface area contributed by atoms with E-state index in [2.05, 4.69) is 4.98 Å². The number of anilines is 1. The summed E-state index contributed by atoms with van der Waals surface area (Å²) in [5, 5.41) is 21.3. The van der Waals surface area contributed by atoms with E-state index in [4.69, 9.17) is 14.2 Å². The number of hydrogen-bond donors (Lipinski definition) is 3. The number of hydrogen-bond acceptors (Lipinski definition) is 7. The Morgan fingerprint density at radius 1 is 0.944 bits per heavy atom. The van der Waals surface area contributed by atoms with Crippen LogP contribution in [-0.2, 0) is 15.3 Å². The second kappa shape index (κ2) is 7.54. The summed E-state index contributed by atoms with van der Waals surface area (Å²) in [6, 6.07) is 14.7. The molecule has 1 atom stereocenters. The van der Waals surface area contributed by atoms with Crippen LogP contribution in [0.5, 0.6) is 23.0 Å². The van der Waals surface area contributed by atoms with Crippen molar-refractivity contribution in [1.82, 2.24) is 4.98 Å². The van der Waals surface area contributed by atoms with E-state index in [0.717, 1.165) is 10.9 Å². The number of phenols is 2. The van der Waals surface area contributed by atoms with Crippen LogP contribution in [0.3, 0.4) is 0 Å². The maximum Gasteiger partial charge on any atom is 0.343 e. The van der Waals surface area contributed by atoms with Gasteiger partial charge in [-0.15, -0.1) is 0 Å². The van der Waals surface area contributed by atoms with Crippen molar-refractivity contribution in [1.29, 1.82) is 0 Å². The topological polar surface area (TPSA) is 121 Å². The number of fused-ring (bicyclic) bond motifs is 4. The zero-order valence-corrected chi connectivity index (χ0v) is 19.2. The maximum atomic E-state index is 14.1. The molecule has 2 aliphatic heterocycles. The largest absolute Gasteiger partial charge is 0.508 e. The minimum Gasteiger partial charge on any atom is -0.508 e. The molecule has 0 radical (unpaired) electrons. The first-order valence-corrected chi connectivity index (χ1v) is 11.0. The molecule has 180 valence electrons. The van der Waals surface area contributed by atoms with E-state index < -0.39 is 17.6 Å². The highest BCUT2D eigenvalue weighted by atomic mass is 16.6. The Labute approximate surface area is 204 Å². The van der Waals surface area contributed by atoms with E-state index in [-0.39, 0.29) is 34.2 Å². The van der Waals surface area contributed by atoms with Gasteiger partial charge in [0.25, 0.3) is 5.91 Å². The van der Waals surface area contributed by atoms with Crippen LogP contribution in [0.15, 0.2) is 66.9 Å². The molecular formula is C27H20N2O7. The summed E-state index contributed by atoms with van der Waals surface area (Å²) < 4.78 is 16.6. The molecular weight excluding hydrogens is 464 g/mol. The van der Waals surface area contributed by atoms with Crippen LogP contribution in [0.4, 0.5) is 5.69 Å². The van der Waals surface area contributed by atoms with Crippen molar-refractivity contribution in [2.45, 2.75) is 5.72 Å². The standard InChI is InChI=1S/C27H20N2O7/c1-34-22-9-14(10-23(35-2)24(22)31)27-12-18(19-13-28-20-6-4-3-5-16(19)20)25(32)29(27)21-8-7-15(30)11-17(21)26(33)36-27/h3-13,28,30-31H,1-2H3/t27-/m0/s1. The molecule has 2 aliphatic rings. The number of aromatic nitrogens is 1. The third-order valence-corrected chi connectivity index (χ3v) is 6.57. The molecule has 9 nitrogen and oxygen atoms in total. The summed E-state index contributed by atoms with van der Waals surface area (Å²) in [5.74, 6) is -1.36. The van der Waals surface area contributed by atoms with Crippen LogP contribution < -0.4 is 14.4 Å². The van der Waals surface area contributed by atoms with Crippen LogP contribution >= 0.6 is 0 Å². The third kappa shape index (κ3) is 2.83. The summed E-state index contributed by atoms with van der Waals surface area (Å²) in [6.07, 6.45) is 3.32. The van der Waals surface area contributed by atoms with Gasteiger partial charge in [0.15, 0.2) is 11.5 Å². The lowest BCUT2D eigenvalue weighted by atomic mass is 9.96. The predicted molar refractivity (Wildman–Crippen MR) is 130 cm³/mol. The molecule has 0 saturated heterocycles. The van der Waals surface area contributed by atoms with Crippen LogP contribution in [-0.4, -0.2) is 41.3 Å². The average Bonchev–Trinajstić information content (AvgIpc) is 3.43. The molecule has 6 rings (SSSR count). The number of aromatic hydroxyl groups is 2. The van der Waals surface area contributed by atoms with Crippen molar-refractivity contribution in [2.75, 3.05) is 19.1 Å². The molecule has 4 aromatic rings. The zero-order valence-electron chi connectivity index (χ0n) is 19.2. The van der Waals surface area contributed by atoms with Crippen molar-refractivity contribution < 1.29 is 34.0 Å². The molecule has 3 heterocycles. The number of amides is 1. The number of rotatable bonds is 4. The highest BCUT2D eigenvalue weighted by Crippen LogP contribution is 2.52. The van der Waals surface area contributed by atoms with Crippen LogP contribution in [0, 0.1) is 0 Å². The molecule has 0 spiro atoms. The minimum atomic E-state index is -1.71. The van der Waals surface area contributed by atoms with Crippen molar-refractivity contribution in [3.05, 3.63) is 83.6 Å². The number of carbonyl (C=O) groups is 2. The SMILES string of the molecule is COc1cc([C@@]23C=C(c4c[nH]c5ccccc45)C(=O)N2c2ccc(O)cc2C(=O)O3)cc(OC)c1O. The Morgan fingerprint density at radius 2 is 1.67 bits per heavy atom. The number of ether oxygens (including phenoxy) is 3. The van der Waals surface area contributed by atoms with Crippen molar-refractivity contribution >= 4 is 34.0 Å². The van der Waals surface area contributed by atoms with Crippen molar-refractivity contribution in [3.8, 4) is 23.0 Å². The number of methoxy groups -OCH3 is 2. The van der Waals surface area contributed by atoms with Gasteiger partial charge < -0.3 is 29.4 Å². The molecule has 0 bridgehead atoms. The van der Waals surface area contributed by atoms with Crippen molar-refractivity contribution in [2.24, 2.45) is 0 Å². The Balaban J connectivity index is 1.66. The fourth-order valence-corrected chi connectivity index (χ4v) is 4.89. The predicted octanol–water partition coefficient (Wildman–Crippen LogP) is 4.05. The van der Waals surface area contributed by atoms with Gasteiger partial charge in [0, 0.05) is 28.2 Å². The smallest absolute Gasteiger partial charge is 0.343 e. The Morgan fingerprint density at radius 3 is 2.39 bits per heavy atom. The number of aromatic amines is 1. The molecule has 1 amide bonds. The number of H-pyrrole nitrogens is 1. The molecule has 0 fully saturated rings. The van der Waals surface area contributed by atoms with Crippen LogP contribution in [0.1, 0.15) is 21.5 Å². The van der Waals surface area contributed by atoms with E-state index in [1.165, 1.54) is 49.5 Å². The highest BCUT2D eigenvalue weighted by molar-refractivity contribution is 6.33.